The van der Waals surface area contributed by atoms with E-state index in [2.05, 4.69) is 31.4 Å². The third-order valence-corrected chi connectivity index (χ3v) is 7.50. The number of ether oxygens (including phenoxy) is 1. The van der Waals surface area contributed by atoms with Crippen molar-refractivity contribution in [3.8, 4) is 0 Å². The molecule has 0 aliphatic carbocycles. The Labute approximate surface area is 176 Å². The molecule has 1 saturated heterocycles. The van der Waals surface area contributed by atoms with Gasteiger partial charge in [0, 0.05) is 23.7 Å². The molecule has 0 bridgehead atoms. The molecule has 0 spiro atoms. The van der Waals surface area contributed by atoms with Crippen molar-refractivity contribution in [2.45, 2.75) is 31.7 Å². The van der Waals surface area contributed by atoms with Crippen molar-refractivity contribution in [3.63, 3.8) is 0 Å². The Hall–Kier alpha value is -1.94. The van der Waals surface area contributed by atoms with Crippen LogP contribution in [0.15, 0.2) is 46.7 Å². The highest BCUT2D eigenvalue weighted by Crippen LogP contribution is 2.35. The predicted molar refractivity (Wildman–Crippen MR) is 115 cm³/mol. The van der Waals surface area contributed by atoms with Crippen LogP contribution in [0.1, 0.15) is 31.7 Å². The molecule has 0 saturated carbocycles. The SMILES string of the molecule is CC(C)(C)[C@@H](NC(=O)Nc1cccc(S(=O)(=O)N2CCOCC2)c1)c1cccs1. The Morgan fingerprint density at radius 1 is 1.17 bits per heavy atom. The molecule has 1 aliphatic heterocycles. The van der Waals surface area contributed by atoms with Crippen LogP contribution in [-0.2, 0) is 14.8 Å². The van der Waals surface area contributed by atoms with Gasteiger partial charge >= 0.3 is 6.03 Å². The minimum atomic E-state index is -3.62. The van der Waals surface area contributed by atoms with E-state index in [1.165, 1.54) is 16.4 Å². The number of rotatable bonds is 5. The highest BCUT2D eigenvalue weighted by Gasteiger charge is 2.29. The van der Waals surface area contributed by atoms with Crippen molar-refractivity contribution in [2.24, 2.45) is 5.41 Å². The number of nitrogens with one attached hydrogen (secondary N) is 2. The Morgan fingerprint density at radius 2 is 1.90 bits per heavy atom. The summed E-state index contributed by atoms with van der Waals surface area (Å²) in [6, 6.07) is 9.74. The lowest BCUT2D eigenvalue weighted by atomic mass is 9.86. The second-order valence-electron chi connectivity index (χ2n) is 7.96. The van der Waals surface area contributed by atoms with Crippen molar-refractivity contribution in [3.05, 3.63) is 46.7 Å². The van der Waals surface area contributed by atoms with Crippen LogP contribution in [0.25, 0.3) is 0 Å². The Balaban J connectivity index is 1.73. The summed E-state index contributed by atoms with van der Waals surface area (Å²) in [7, 11) is -3.62. The normalized spacial score (nSPS) is 16.9. The van der Waals surface area contributed by atoms with E-state index in [0.717, 1.165) is 4.88 Å². The molecule has 1 fully saturated rings. The lowest BCUT2D eigenvalue weighted by molar-refractivity contribution is 0.0730. The first-order valence-electron chi connectivity index (χ1n) is 9.47. The van der Waals surface area contributed by atoms with Crippen LogP contribution < -0.4 is 10.6 Å². The average molecular weight is 438 g/mol. The first-order valence-corrected chi connectivity index (χ1v) is 11.8. The molecular formula is C20H27N3O4S2. The van der Waals surface area contributed by atoms with E-state index < -0.39 is 10.0 Å². The average Bonchev–Trinajstić information content (AvgIpc) is 3.20. The van der Waals surface area contributed by atoms with Gasteiger partial charge in [-0.3, -0.25) is 0 Å². The van der Waals surface area contributed by atoms with Crippen molar-refractivity contribution < 1.29 is 17.9 Å². The fourth-order valence-corrected chi connectivity index (χ4v) is 5.61. The van der Waals surface area contributed by atoms with Gasteiger partial charge in [0.1, 0.15) is 0 Å². The van der Waals surface area contributed by atoms with Crippen molar-refractivity contribution >= 4 is 33.1 Å². The highest BCUT2D eigenvalue weighted by molar-refractivity contribution is 7.89. The fraction of sp³-hybridized carbons (Fsp3) is 0.450. The maximum absolute atomic E-state index is 12.8. The Morgan fingerprint density at radius 3 is 2.52 bits per heavy atom. The third-order valence-electron chi connectivity index (χ3n) is 4.67. The number of amides is 2. The number of anilines is 1. The second kappa shape index (κ2) is 8.83. The minimum absolute atomic E-state index is 0.155. The van der Waals surface area contributed by atoms with E-state index in [0.29, 0.717) is 32.0 Å². The van der Waals surface area contributed by atoms with E-state index in [4.69, 9.17) is 4.74 Å². The van der Waals surface area contributed by atoms with Gasteiger partial charge in [0.2, 0.25) is 10.0 Å². The molecular weight excluding hydrogens is 410 g/mol. The number of carbonyl (C=O) groups excluding carboxylic acids is 1. The first-order chi connectivity index (χ1) is 13.7. The highest BCUT2D eigenvalue weighted by atomic mass is 32.2. The van der Waals surface area contributed by atoms with Crippen molar-refractivity contribution in [1.29, 1.82) is 0 Å². The summed E-state index contributed by atoms with van der Waals surface area (Å²) >= 11 is 1.59. The Bertz CT molecular complexity index is 931. The molecule has 158 valence electrons. The molecule has 1 aromatic heterocycles. The summed E-state index contributed by atoms with van der Waals surface area (Å²) in [5.41, 5.74) is 0.250. The van der Waals surface area contributed by atoms with Gasteiger partial charge in [0.05, 0.1) is 24.2 Å². The summed E-state index contributed by atoms with van der Waals surface area (Å²) in [5.74, 6) is 0. The summed E-state index contributed by atoms with van der Waals surface area (Å²) in [5, 5.41) is 7.76. The van der Waals surface area contributed by atoms with Crippen LogP contribution in [0.2, 0.25) is 0 Å². The maximum atomic E-state index is 12.8. The largest absolute Gasteiger partial charge is 0.379 e. The molecule has 1 aliphatic rings. The van der Waals surface area contributed by atoms with Gasteiger partial charge in [-0.25, -0.2) is 13.2 Å². The molecule has 3 rings (SSSR count). The van der Waals surface area contributed by atoms with Crippen LogP contribution in [-0.4, -0.2) is 45.1 Å². The minimum Gasteiger partial charge on any atom is -0.379 e. The zero-order valence-corrected chi connectivity index (χ0v) is 18.5. The van der Waals surface area contributed by atoms with Crippen LogP contribution in [0, 0.1) is 5.41 Å². The molecule has 2 amide bonds. The van der Waals surface area contributed by atoms with Gasteiger partial charge in [-0.1, -0.05) is 32.9 Å². The van der Waals surface area contributed by atoms with E-state index in [-0.39, 0.29) is 22.4 Å². The number of carbonyl (C=O) groups is 1. The Kier molecular flexibility index (Phi) is 6.62. The smallest absolute Gasteiger partial charge is 0.319 e. The molecule has 0 radical (unpaired) electrons. The second-order valence-corrected chi connectivity index (χ2v) is 10.9. The van der Waals surface area contributed by atoms with Gasteiger partial charge in [-0.05, 0) is 35.1 Å². The number of nitrogens with zero attached hydrogens (tertiary/aromatic N) is 1. The molecule has 9 heteroatoms. The molecule has 2 aromatic rings. The van der Waals surface area contributed by atoms with Crippen LogP contribution >= 0.6 is 11.3 Å². The predicted octanol–water partition coefficient (Wildman–Crippen LogP) is 3.68. The summed E-state index contributed by atoms with van der Waals surface area (Å²) in [4.78, 5) is 13.9. The first kappa shape index (κ1) is 21.8. The molecule has 2 N–H and O–H groups in total. The molecule has 29 heavy (non-hydrogen) atoms. The number of thiophene rings is 1. The molecule has 7 nitrogen and oxygen atoms in total. The lowest BCUT2D eigenvalue weighted by Gasteiger charge is -2.30. The zero-order chi connectivity index (χ0) is 21.1. The zero-order valence-electron chi connectivity index (χ0n) is 16.8. The van der Waals surface area contributed by atoms with E-state index >= 15 is 0 Å². The number of morpholine rings is 1. The van der Waals surface area contributed by atoms with Gasteiger partial charge < -0.3 is 15.4 Å². The van der Waals surface area contributed by atoms with E-state index in [1.54, 1.807) is 23.5 Å². The third kappa shape index (κ3) is 5.36. The number of hydrogen-bond donors (Lipinski definition) is 2. The van der Waals surface area contributed by atoms with Crippen molar-refractivity contribution in [2.75, 3.05) is 31.6 Å². The standard InChI is InChI=1S/C20H27N3O4S2/c1-20(2,3)18(17-8-5-13-28-17)22-19(24)21-15-6-4-7-16(14-15)29(25,26)23-9-11-27-12-10-23/h4-8,13-14,18H,9-12H2,1-3H3,(H2,21,22,24)/t18-/m0/s1. The van der Waals surface area contributed by atoms with Crippen LogP contribution in [0.3, 0.4) is 0 Å². The number of benzene rings is 1. The van der Waals surface area contributed by atoms with Gasteiger partial charge in [-0.2, -0.15) is 4.31 Å². The number of hydrogen-bond acceptors (Lipinski definition) is 5. The summed E-state index contributed by atoms with van der Waals surface area (Å²) in [6.07, 6.45) is 0. The maximum Gasteiger partial charge on any atom is 0.319 e. The van der Waals surface area contributed by atoms with E-state index in [1.807, 2.05) is 17.5 Å². The topological polar surface area (TPSA) is 87.7 Å². The van der Waals surface area contributed by atoms with Gasteiger partial charge in [0.15, 0.2) is 0 Å². The molecule has 1 atom stereocenters. The van der Waals surface area contributed by atoms with Gasteiger partial charge in [0.25, 0.3) is 0 Å². The number of sulfonamides is 1. The van der Waals surface area contributed by atoms with Gasteiger partial charge in [-0.15, -0.1) is 11.3 Å². The molecule has 2 heterocycles. The van der Waals surface area contributed by atoms with Crippen LogP contribution in [0.5, 0.6) is 0 Å². The monoisotopic (exact) mass is 437 g/mol. The molecule has 0 unspecified atom stereocenters. The number of urea groups is 1. The summed E-state index contributed by atoms with van der Waals surface area (Å²) < 4.78 is 32.3. The summed E-state index contributed by atoms with van der Waals surface area (Å²) in [6.45, 7) is 7.61. The molecule has 1 aromatic carbocycles. The quantitative estimate of drug-likeness (QED) is 0.747. The van der Waals surface area contributed by atoms with Crippen LogP contribution in [0.4, 0.5) is 10.5 Å². The lowest BCUT2D eigenvalue weighted by Crippen LogP contribution is -2.40. The fourth-order valence-electron chi connectivity index (χ4n) is 3.14. The van der Waals surface area contributed by atoms with Crippen molar-refractivity contribution in [1.82, 2.24) is 9.62 Å². The van der Waals surface area contributed by atoms with E-state index in [9.17, 15) is 13.2 Å².